The summed E-state index contributed by atoms with van der Waals surface area (Å²) in [6, 6.07) is 11.3. The SMILES string of the molecule is CCc1ccc(C(OC)=C(C#N)C#N)cc1. The Balaban J connectivity index is 3.21. The molecule has 3 nitrogen and oxygen atoms in total. The summed E-state index contributed by atoms with van der Waals surface area (Å²) in [4.78, 5) is 0. The van der Waals surface area contributed by atoms with E-state index in [2.05, 4.69) is 6.92 Å². The van der Waals surface area contributed by atoms with E-state index in [4.69, 9.17) is 15.3 Å². The zero-order valence-corrected chi connectivity index (χ0v) is 9.32. The summed E-state index contributed by atoms with van der Waals surface area (Å²) in [5, 5.41) is 17.6. The van der Waals surface area contributed by atoms with Gasteiger partial charge < -0.3 is 4.74 Å². The molecule has 0 saturated carbocycles. The Bertz CT molecular complexity index is 456. The first-order valence-corrected chi connectivity index (χ1v) is 4.94. The summed E-state index contributed by atoms with van der Waals surface area (Å²) in [6.45, 7) is 2.07. The van der Waals surface area contributed by atoms with E-state index in [9.17, 15) is 0 Å². The second-order valence-corrected chi connectivity index (χ2v) is 3.18. The second kappa shape index (κ2) is 5.58. The molecule has 80 valence electrons. The molecule has 0 spiro atoms. The van der Waals surface area contributed by atoms with Gasteiger partial charge in [-0.2, -0.15) is 10.5 Å². The van der Waals surface area contributed by atoms with Crippen molar-refractivity contribution in [3.63, 3.8) is 0 Å². The Morgan fingerprint density at radius 1 is 1.19 bits per heavy atom. The van der Waals surface area contributed by atoms with Gasteiger partial charge in [-0.05, 0) is 12.0 Å². The molecule has 3 heteroatoms. The Labute approximate surface area is 95.2 Å². The quantitative estimate of drug-likeness (QED) is 0.571. The lowest BCUT2D eigenvalue weighted by Gasteiger charge is -2.06. The fourth-order valence-corrected chi connectivity index (χ4v) is 1.38. The largest absolute Gasteiger partial charge is 0.494 e. The van der Waals surface area contributed by atoms with Gasteiger partial charge >= 0.3 is 0 Å². The average Bonchev–Trinajstić information content (AvgIpc) is 2.36. The van der Waals surface area contributed by atoms with E-state index < -0.39 is 0 Å². The van der Waals surface area contributed by atoms with Gasteiger partial charge in [0.25, 0.3) is 0 Å². The Hall–Kier alpha value is -2.26. The molecule has 0 aromatic heterocycles. The first-order valence-electron chi connectivity index (χ1n) is 4.94. The molecular formula is C13H12N2O. The van der Waals surface area contributed by atoms with Crippen molar-refractivity contribution in [1.82, 2.24) is 0 Å². The monoisotopic (exact) mass is 212 g/mol. The molecule has 0 aliphatic carbocycles. The Kier molecular flexibility index (Phi) is 4.12. The predicted octanol–water partition coefficient (Wildman–Crippen LogP) is 2.65. The van der Waals surface area contributed by atoms with Crippen molar-refractivity contribution in [3.8, 4) is 12.1 Å². The van der Waals surface area contributed by atoms with Crippen LogP contribution in [0, 0.1) is 22.7 Å². The van der Waals surface area contributed by atoms with Crippen LogP contribution in [0.3, 0.4) is 0 Å². The van der Waals surface area contributed by atoms with Crippen molar-refractivity contribution >= 4 is 5.76 Å². The highest BCUT2D eigenvalue weighted by atomic mass is 16.5. The molecule has 0 aliphatic heterocycles. The van der Waals surface area contributed by atoms with Gasteiger partial charge in [-0.3, -0.25) is 0 Å². The minimum absolute atomic E-state index is 0.00764. The van der Waals surface area contributed by atoms with Crippen LogP contribution < -0.4 is 0 Å². The third-order valence-corrected chi connectivity index (χ3v) is 2.28. The molecule has 1 aromatic carbocycles. The van der Waals surface area contributed by atoms with Crippen molar-refractivity contribution in [2.45, 2.75) is 13.3 Å². The maximum atomic E-state index is 8.78. The van der Waals surface area contributed by atoms with E-state index in [-0.39, 0.29) is 5.57 Å². The molecule has 1 rings (SSSR count). The first-order chi connectivity index (χ1) is 7.76. The summed E-state index contributed by atoms with van der Waals surface area (Å²) >= 11 is 0. The molecule has 0 amide bonds. The van der Waals surface area contributed by atoms with Crippen molar-refractivity contribution < 1.29 is 4.74 Å². The second-order valence-electron chi connectivity index (χ2n) is 3.18. The van der Waals surface area contributed by atoms with Crippen LogP contribution in [0.4, 0.5) is 0 Å². The molecule has 0 aliphatic rings. The molecule has 1 aromatic rings. The number of nitrogens with zero attached hydrogens (tertiary/aromatic N) is 2. The van der Waals surface area contributed by atoms with E-state index in [1.807, 2.05) is 36.4 Å². The number of hydrogen-bond donors (Lipinski definition) is 0. The summed E-state index contributed by atoms with van der Waals surface area (Å²) in [6.07, 6.45) is 0.954. The smallest absolute Gasteiger partial charge is 0.172 e. The Morgan fingerprint density at radius 2 is 1.75 bits per heavy atom. The molecule has 0 fully saturated rings. The zero-order valence-electron chi connectivity index (χ0n) is 9.32. The molecular weight excluding hydrogens is 200 g/mol. The van der Waals surface area contributed by atoms with Gasteiger partial charge in [-0.15, -0.1) is 0 Å². The standard InChI is InChI=1S/C13H12N2O/c1-3-10-4-6-11(7-5-10)13(16-2)12(8-14)9-15/h4-7H,3H2,1-2H3. The van der Waals surface area contributed by atoms with Gasteiger partial charge in [-0.1, -0.05) is 31.2 Å². The summed E-state index contributed by atoms with van der Waals surface area (Å²) < 4.78 is 5.09. The van der Waals surface area contributed by atoms with Crippen molar-refractivity contribution in [3.05, 3.63) is 41.0 Å². The van der Waals surface area contributed by atoms with Gasteiger partial charge in [0.15, 0.2) is 11.3 Å². The van der Waals surface area contributed by atoms with Crippen LogP contribution in [0.25, 0.3) is 5.76 Å². The molecule has 0 atom stereocenters. The summed E-state index contributed by atoms with van der Waals surface area (Å²) in [5.74, 6) is 0.327. The van der Waals surface area contributed by atoms with E-state index in [0.717, 1.165) is 12.0 Å². The number of benzene rings is 1. The van der Waals surface area contributed by atoms with Gasteiger partial charge in [0.05, 0.1) is 7.11 Å². The zero-order chi connectivity index (χ0) is 12.0. The maximum absolute atomic E-state index is 8.78. The molecule has 0 bridgehead atoms. The van der Waals surface area contributed by atoms with Crippen LogP contribution >= 0.6 is 0 Å². The number of ether oxygens (including phenoxy) is 1. The van der Waals surface area contributed by atoms with Gasteiger partial charge in [-0.25, -0.2) is 0 Å². The van der Waals surface area contributed by atoms with Crippen LogP contribution in [-0.4, -0.2) is 7.11 Å². The molecule has 0 N–H and O–H groups in total. The van der Waals surface area contributed by atoms with Crippen LogP contribution in [0.5, 0.6) is 0 Å². The van der Waals surface area contributed by atoms with Crippen LogP contribution in [0.1, 0.15) is 18.1 Å². The maximum Gasteiger partial charge on any atom is 0.172 e. The Morgan fingerprint density at radius 3 is 2.12 bits per heavy atom. The molecule has 0 heterocycles. The van der Waals surface area contributed by atoms with Crippen LogP contribution in [0.15, 0.2) is 29.8 Å². The molecule has 0 saturated heterocycles. The third kappa shape index (κ3) is 2.40. The fraction of sp³-hybridized carbons (Fsp3) is 0.231. The molecule has 0 unspecified atom stereocenters. The lowest BCUT2D eigenvalue weighted by Crippen LogP contribution is -1.92. The van der Waals surface area contributed by atoms with Crippen molar-refractivity contribution in [2.75, 3.05) is 7.11 Å². The number of rotatable bonds is 3. The van der Waals surface area contributed by atoms with E-state index in [0.29, 0.717) is 5.76 Å². The highest BCUT2D eigenvalue weighted by Gasteiger charge is 2.08. The first kappa shape index (κ1) is 11.8. The number of nitriles is 2. The minimum atomic E-state index is -0.00764. The lowest BCUT2D eigenvalue weighted by atomic mass is 10.1. The minimum Gasteiger partial charge on any atom is -0.494 e. The topological polar surface area (TPSA) is 56.8 Å². The van der Waals surface area contributed by atoms with Crippen LogP contribution in [0.2, 0.25) is 0 Å². The fourth-order valence-electron chi connectivity index (χ4n) is 1.38. The van der Waals surface area contributed by atoms with Gasteiger partial charge in [0.1, 0.15) is 12.1 Å². The highest BCUT2D eigenvalue weighted by Crippen LogP contribution is 2.19. The van der Waals surface area contributed by atoms with Crippen molar-refractivity contribution in [2.24, 2.45) is 0 Å². The van der Waals surface area contributed by atoms with E-state index >= 15 is 0 Å². The lowest BCUT2D eigenvalue weighted by molar-refractivity contribution is 0.369. The van der Waals surface area contributed by atoms with E-state index in [1.165, 1.54) is 12.7 Å². The highest BCUT2D eigenvalue weighted by molar-refractivity contribution is 5.70. The average molecular weight is 212 g/mol. The molecule has 16 heavy (non-hydrogen) atoms. The number of methoxy groups -OCH3 is 1. The van der Waals surface area contributed by atoms with Crippen LogP contribution in [-0.2, 0) is 11.2 Å². The number of allylic oxidation sites excluding steroid dienone is 1. The van der Waals surface area contributed by atoms with Crippen molar-refractivity contribution in [1.29, 1.82) is 10.5 Å². The number of aryl methyl sites for hydroxylation is 1. The van der Waals surface area contributed by atoms with E-state index in [1.54, 1.807) is 0 Å². The predicted molar refractivity (Wildman–Crippen MR) is 61.0 cm³/mol. The normalized spacial score (nSPS) is 8.75. The number of hydrogen-bond acceptors (Lipinski definition) is 3. The molecule has 0 radical (unpaired) electrons. The van der Waals surface area contributed by atoms with Gasteiger partial charge in [0.2, 0.25) is 0 Å². The summed E-state index contributed by atoms with van der Waals surface area (Å²) in [7, 11) is 1.46. The van der Waals surface area contributed by atoms with Gasteiger partial charge in [0, 0.05) is 5.56 Å². The summed E-state index contributed by atoms with van der Waals surface area (Å²) in [5.41, 5.74) is 1.94. The third-order valence-electron chi connectivity index (χ3n) is 2.28.